The summed E-state index contributed by atoms with van der Waals surface area (Å²) in [5.74, 6) is 1.43. The van der Waals surface area contributed by atoms with Crippen LogP contribution in [-0.2, 0) is 7.05 Å². The molecule has 6 heteroatoms. The van der Waals surface area contributed by atoms with Crippen LogP contribution >= 0.6 is 11.6 Å². The van der Waals surface area contributed by atoms with E-state index in [1.54, 1.807) is 10.9 Å². The molecule has 0 unspecified atom stereocenters. The van der Waals surface area contributed by atoms with Gasteiger partial charge < -0.3 is 10.3 Å². The molecule has 0 saturated heterocycles. The van der Waals surface area contributed by atoms with Gasteiger partial charge in [0.15, 0.2) is 0 Å². The summed E-state index contributed by atoms with van der Waals surface area (Å²) in [4.78, 5) is 4.68. The summed E-state index contributed by atoms with van der Waals surface area (Å²) in [6, 6.07) is 5.99. The van der Waals surface area contributed by atoms with E-state index in [-0.39, 0.29) is 6.04 Å². The van der Waals surface area contributed by atoms with Crippen molar-refractivity contribution in [3.8, 4) is 11.4 Å². The van der Waals surface area contributed by atoms with E-state index < -0.39 is 0 Å². The molecule has 2 heterocycles. The van der Waals surface area contributed by atoms with E-state index in [4.69, 9.17) is 17.3 Å². The number of rotatable bonds is 2. The van der Waals surface area contributed by atoms with Crippen LogP contribution in [0.3, 0.4) is 0 Å². The maximum absolute atomic E-state index is 6.08. The molecular weight excluding hydrogens is 274 g/mol. The fourth-order valence-electron chi connectivity index (χ4n) is 2.40. The van der Waals surface area contributed by atoms with Crippen LogP contribution in [0.25, 0.3) is 22.4 Å². The SMILES string of the molecule is CC(C)n1c(-c2cnn(C)c2N)nc2cc(Cl)ccc21. The molecule has 104 valence electrons. The zero-order chi connectivity index (χ0) is 14.4. The summed E-state index contributed by atoms with van der Waals surface area (Å²) in [5, 5.41) is 4.87. The van der Waals surface area contributed by atoms with Crippen LogP contribution in [0.4, 0.5) is 5.82 Å². The molecule has 3 rings (SSSR count). The van der Waals surface area contributed by atoms with Crippen molar-refractivity contribution in [2.75, 3.05) is 5.73 Å². The Labute approximate surface area is 122 Å². The lowest BCUT2D eigenvalue weighted by atomic mass is 10.2. The Bertz CT molecular complexity index is 784. The van der Waals surface area contributed by atoms with E-state index in [0.717, 1.165) is 22.4 Å². The van der Waals surface area contributed by atoms with Gasteiger partial charge in [0.05, 0.1) is 22.8 Å². The molecule has 0 fully saturated rings. The molecule has 5 nitrogen and oxygen atoms in total. The third kappa shape index (κ3) is 1.86. The predicted molar refractivity (Wildman–Crippen MR) is 81.7 cm³/mol. The molecule has 0 aliphatic heterocycles. The zero-order valence-corrected chi connectivity index (χ0v) is 12.4. The number of hydrogen-bond donors (Lipinski definition) is 1. The minimum Gasteiger partial charge on any atom is -0.383 e. The molecule has 2 aromatic heterocycles. The molecule has 3 aromatic rings. The molecule has 0 aliphatic rings. The molecule has 0 radical (unpaired) electrons. The van der Waals surface area contributed by atoms with Crippen LogP contribution in [-0.4, -0.2) is 19.3 Å². The maximum atomic E-state index is 6.08. The van der Waals surface area contributed by atoms with Crippen molar-refractivity contribution in [3.05, 3.63) is 29.4 Å². The average molecular weight is 290 g/mol. The number of benzene rings is 1. The zero-order valence-electron chi connectivity index (χ0n) is 11.6. The topological polar surface area (TPSA) is 61.7 Å². The molecule has 0 amide bonds. The summed E-state index contributed by atoms with van der Waals surface area (Å²) in [6.07, 6.45) is 1.75. The van der Waals surface area contributed by atoms with Crippen LogP contribution in [0.15, 0.2) is 24.4 Å². The average Bonchev–Trinajstić information content (AvgIpc) is 2.90. The number of aryl methyl sites for hydroxylation is 1. The van der Waals surface area contributed by atoms with Gasteiger partial charge in [-0.1, -0.05) is 11.6 Å². The van der Waals surface area contributed by atoms with Gasteiger partial charge in [0.25, 0.3) is 0 Å². The first-order valence-corrected chi connectivity index (χ1v) is 6.82. The number of anilines is 1. The van der Waals surface area contributed by atoms with Gasteiger partial charge in [-0.25, -0.2) is 4.98 Å². The Morgan fingerprint density at radius 2 is 2.05 bits per heavy atom. The van der Waals surface area contributed by atoms with Crippen molar-refractivity contribution >= 4 is 28.5 Å². The van der Waals surface area contributed by atoms with Gasteiger partial charge >= 0.3 is 0 Å². The van der Waals surface area contributed by atoms with E-state index in [2.05, 4.69) is 28.5 Å². The number of fused-ring (bicyclic) bond motifs is 1. The fourth-order valence-corrected chi connectivity index (χ4v) is 2.57. The summed E-state index contributed by atoms with van der Waals surface area (Å²) in [5.41, 5.74) is 8.83. The Balaban J connectivity index is 2.35. The predicted octanol–water partition coefficient (Wildman–Crippen LogP) is 3.25. The van der Waals surface area contributed by atoms with Gasteiger partial charge in [-0.15, -0.1) is 0 Å². The van der Waals surface area contributed by atoms with E-state index in [1.165, 1.54) is 0 Å². The first kappa shape index (κ1) is 13.0. The summed E-state index contributed by atoms with van der Waals surface area (Å²) >= 11 is 6.05. The van der Waals surface area contributed by atoms with Crippen molar-refractivity contribution in [3.63, 3.8) is 0 Å². The smallest absolute Gasteiger partial charge is 0.146 e. The van der Waals surface area contributed by atoms with Gasteiger partial charge in [0, 0.05) is 18.1 Å². The van der Waals surface area contributed by atoms with Gasteiger partial charge in [0.1, 0.15) is 11.6 Å². The van der Waals surface area contributed by atoms with Gasteiger partial charge in [0.2, 0.25) is 0 Å². The third-order valence-electron chi connectivity index (χ3n) is 3.39. The second kappa shape index (κ2) is 4.52. The number of nitrogens with zero attached hydrogens (tertiary/aromatic N) is 4. The Morgan fingerprint density at radius 1 is 1.30 bits per heavy atom. The van der Waals surface area contributed by atoms with Crippen LogP contribution in [0.1, 0.15) is 19.9 Å². The summed E-state index contributed by atoms with van der Waals surface area (Å²) < 4.78 is 3.80. The van der Waals surface area contributed by atoms with Crippen LogP contribution in [0.2, 0.25) is 5.02 Å². The Morgan fingerprint density at radius 3 is 2.65 bits per heavy atom. The number of aromatic nitrogens is 4. The maximum Gasteiger partial charge on any atom is 0.146 e. The first-order valence-electron chi connectivity index (χ1n) is 6.44. The van der Waals surface area contributed by atoms with Gasteiger partial charge in [-0.3, -0.25) is 4.68 Å². The summed E-state index contributed by atoms with van der Waals surface area (Å²) in [6.45, 7) is 4.23. The number of hydrogen-bond acceptors (Lipinski definition) is 3. The van der Waals surface area contributed by atoms with Crippen LogP contribution in [0, 0.1) is 0 Å². The lowest BCUT2D eigenvalue weighted by Crippen LogP contribution is -2.04. The van der Waals surface area contributed by atoms with Crippen molar-refractivity contribution in [1.29, 1.82) is 0 Å². The third-order valence-corrected chi connectivity index (χ3v) is 3.63. The second-order valence-electron chi connectivity index (χ2n) is 5.10. The number of nitrogen functional groups attached to an aromatic ring is 1. The van der Waals surface area contributed by atoms with Gasteiger partial charge in [-0.05, 0) is 32.0 Å². The van der Waals surface area contributed by atoms with Crippen molar-refractivity contribution < 1.29 is 0 Å². The first-order chi connectivity index (χ1) is 9.49. The van der Waals surface area contributed by atoms with Crippen molar-refractivity contribution in [1.82, 2.24) is 19.3 Å². The minimum absolute atomic E-state index is 0.260. The number of imidazole rings is 1. The van der Waals surface area contributed by atoms with Crippen molar-refractivity contribution in [2.24, 2.45) is 7.05 Å². The molecule has 2 N–H and O–H groups in total. The monoisotopic (exact) mass is 289 g/mol. The van der Waals surface area contributed by atoms with Crippen LogP contribution in [0.5, 0.6) is 0 Å². The minimum atomic E-state index is 0.260. The number of nitrogens with two attached hydrogens (primary N) is 1. The lowest BCUT2D eigenvalue weighted by Gasteiger charge is -2.12. The highest BCUT2D eigenvalue weighted by Gasteiger charge is 2.18. The van der Waals surface area contributed by atoms with Crippen molar-refractivity contribution in [2.45, 2.75) is 19.9 Å². The highest BCUT2D eigenvalue weighted by molar-refractivity contribution is 6.31. The Hall–Kier alpha value is -2.01. The second-order valence-corrected chi connectivity index (χ2v) is 5.54. The molecular formula is C14H16ClN5. The van der Waals surface area contributed by atoms with E-state index in [1.807, 2.05) is 25.2 Å². The highest BCUT2D eigenvalue weighted by atomic mass is 35.5. The van der Waals surface area contributed by atoms with Gasteiger partial charge in [-0.2, -0.15) is 5.10 Å². The fraction of sp³-hybridized carbons (Fsp3) is 0.286. The Kier molecular flexibility index (Phi) is 2.94. The largest absolute Gasteiger partial charge is 0.383 e. The molecule has 0 atom stereocenters. The van der Waals surface area contributed by atoms with E-state index in [0.29, 0.717) is 10.8 Å². The molecule has 0 spiro atoms. The van der Waals surface area contributed by atoms with E-state index in [9.17, 15) is 0 Å². The molecule has 0 bridgehead atoms. The highest BCUT2D eigenvalue weighted by Crippen LogP contribution is 2.32. The van der Waals surface area contributed by atoms with E-state index >= 15 is 0 Å². The molecule has 0 aliphatic carbocycles. The summed E-state index contributed by atoms with van der Waals surface area (Å²) in [7, 11) is 1.82. The molecule has 20 heavy (non-hydrogen) atoms. The van der Waals surface area contributed by atoms with Crippen LogP contribution < -0.4 is 5.73 Å². The number of halogens is 1. The molecule has 1 aromatic carbocycles. The standard InChI is InChI=1S/C14H16ClN5/c1-8(2)20-12-5-4-9(15)6-11(12)18-14(20)10-7-17-19(3)13(10)16/h4-8H,16H2,1-3H3. The molecule has 0 saturated carbocycles. The quantitative estimate of drug-likeness (QED) is 0.788. The lowest BCUT2D eigenvalue weighted by molar-refractivity contribution is 0.624. The normalized spacial score (nSPS) is 11.7.